The van der Waals surface area contributed by atoms with Crippen LogP contribution in [0.25, 0.3) is 0 Å². The van der Waals surface area contributed by atoms with Crippen LogP contribution in [-0.4, -0.2) is 31.1 Å². The summed E-state index contributed by atoms with van der Waals surface area (Å²) in [7, 11) is 0. The number of hydrogen-bond donors (Lipinski definition) is 1. The summed E-state index contributed by atoms with van der Waals surface area (Å²) in [6.45, 7) is 0.630. The van der Waals surface area contributed by atoms with E-state index in [-0.39, 0.29) is 6.42 Å². The summed E-state index contributed by atoms with van der Waals surface area (Å²) >= 11 is 1.55. The molecule has 6 nitrogen and oxygen atoms in total. The van der Waals surface area contributed by atoms with Gasteiger partial charge in [0, 0.05) is 23.7 Å². The van der Waals surface area contributed by atoms with Crippen LogP contribution in [0, 0.1) is 0 Å². The molecule has 0 amide bonds. The molecule has 1 N–H and O–H groups in total. The molecule has 16 heavy (non-hydrogen) atoms. The predicted molar refractivity (Wildman–Crippen MR) is 57.2 cm³/mol. The number of nitrogens with zero attached hydrogens (tertiary/aromatic N) is 4. The van der Waals surface area contributed by atoms with E-state index < -0.39 is 5.97 Å². The third-order valence-corrected chi connectivity index (χ3v) is 2.75. The molecule has 0 saturated heterocycles. The Morgan fingerprint density at radius 3 is 3.12 bits per heavy atom. The normalized spacial score (nSPS) is 10.5. The molecule has 0 radical (unpaired) electrons. The van der Waals surface area contributed by atoms with E-state index in [9.17, 15) is 4.79 Å². The first-order chi connectivity index (χ1) is 7.74. The zero-order valence-electron chi connectivity index (χ0n) is 8.41. The first-order valence-corrected chi connectivity index (χ1v) is 5.60. The Morgan fingerprint density at radius 2 is 2.44 bits per heavy atom. The molecule has 2 aromatic heterocycles. The standard InChI is InChI=1S/C9H10N4O2S/c14-9(15)2-1-7-4-13(12-11-7)5-8-3-10-6-16-8/h3-4,6H,1-2,5H2,(H,14,15). The van der Waals surface area contributed by atoms with Crippen molar-refractivity contribution in [3.05, 3.63) is 28.5 Å². The number of hydrogen-bond acceptors (Lipinski definition) is 5. The van der Waals surface area contributed by atoms with Gasteiger partial charge in [-0.2, -0.15) is 0 Å². The molecule has 7 heteroatoms. The minimum atomic E-state index is -0.822. The Labute approximate surface area is 95.6 Å². The van der Waals surface area contributed by atoms with Gasteiger partial charge in [-0.3, -0.25) is 9.78 Å². The second-order valence-corrected chi connectivity index (χ2v) is 4.24. The molecule has 2 rings (SSSR count). The molecular formula is C9H10N4O2S. The molecule has 0 atom stereocenters. The van der Waals surface area contributed by atoms with Gasteiger partial charge in [-0.25, -0.2) is 4.68 Å². The van der Waals surface area contributed by atoms with Gasteiger partial charge < -0.3 is 5.11 Å². The van der Waals surface area contributed by atoms with Crippen molar-refractivity contribution in [1.82, 2.24) is 20.0 Å². The van der Waals surface area contributed by atoms with Crippen molar-refractivity contribution in [3.63, 3.8) is 0 Å². The minimum Gasteiger partial charge on any atom is -0.481 e. The summed E-state index contributed by atoms with van der Waals surface area (Å²) in [4.78, 5) is 15.4. The summed E-state index contributed by atoms with van der Waals surface area (Å²) in [6, 6.07) is 0. The van der Waals surface area contributed by atoms with E-state index in [1.807, 2.05) is 0 Å². The maximum atomic E-state index is 10.4. The zero-order valence-corrected chi connectivity index (χ0v) is 9.22. The average Bonchev–Trinajstić information content (AvgIpc) is 2.87. The summed E-state index contributed by atoms with van der Waals surface area (Å²) in [5.74, 6) is -0.822. The average molecular weight is 238 g/mol. The van der Waals surface area contributed by atoms with E-state index in [0.717, 1.165) is 4.88 Å². The van der Waals surface area contributed by atoms with Gasteiger partial charge in [0.05, 0.1) is 24.2 Å². The van der Waals surface area contributed by atoms with Crippen LogP contribution in [0.5, 0.6) is 0 Å². The summed E-state index contributed by atoms with van der Waals surface area (Å²) < 4.78 is 1.69. The number of rotatable bonds is 5. The van der Waals surface area contributed by atoms with E-state index >= 15 is 0 Å². The van der Waals surface area contributed by atoms with Gasteiger partial charge in [-0.15, -0.1) is 16.4 Å². The number of aromatic nitrogens is 4. The quantitative estimate of drug-likeness (QED) is 0.833. The monoisotopic (exact) mass is 238 g/mol. The van der Waals surface area contributed by atoms with Gasteiger partial charge in [0.15, 0.2) is 0 Å². The summed E-state index contributed by atoms with van der Waals surface area (Å²) in [5, 5.41) is 16.4. The van der Waals surface area contributed by atoms with Crippen LogP contribution in [0.3, 0.4) is 0 Å². The topological polar surface area (TPSA) is 80.9 Å². The van der Waals surface area contributed by atoms with Crippen LogP contribution in [0.2, 0.25) is 0 Å². The Kier molecular flexibility index (Phi) is 3.25. The highest BCUT2D eigenvalue weighted by atomic mass is 32.1. The number of carboxylic acids is 1. The lowest BCUT2D eigenvalue weighted by molar-refractivity contribution is -0.136. The van der Waals surface area contributed by atoms with E-state index in [1.54, 1.807) is 33.9 Å². The summed E-state index contributed by atoms with van der Waals surface area (Å²) in [5.41, 5.74) is 2.46. The number of carboxylic acid groups (broad SMARTS) is 1. The van der Waals surface area contributed by atoms with Gasteiger partial charge in [0.2, 0.25) is 0 Å². The maximum absolute atomic E-state index is 10.4. The molecule has 2 aromatic rings. The maximum Gasteiger partial charge on any atom is 0.303 e. The Bertz CT molecular complexity index is 466. The van der Waals surface area contributed by atoms with Crippen molar-refractivity contribution >= 4 is 17.3 Å². The molecule has 0 fully saturated rings. The van der Waals surface area contributed by atoms with Crippen LogP contribution >= 0.6 is 11.3 Å². The molecule has 0 aliphatic heterocycles. The molecule has 0 unspecified atom stereocenters. The van der Waals surface area contributed by atoms with E-state index in [1.165, 1.54) is 0 Å². The fourth-order valence-corrected chi connectivity index (χ4v) is 1.83. The van der Waals surface area contributed by atoms with Gasteiger partial charge in [0.1, 0.15) is 0 Å². The SMILES string of the molecule is O=C(O)CCc1cn(Cc2cncs2)nn1. The lowest BCUT2D eigenvalue weighted by Gasteiger charge is -1.94. The van der Waals surface area contributed by atoms with Crippen molar-refractivity contribution < 1.29 is 9.90 Å². The van der Waals surface area contributed by atoms with Gasteiger partial charge in [0.25, 0.3) is 0 Å². The highest BCUT2D eigenvalue weighted by Crippen LogP contribution is 2.07. The lowest BCUT2D eigenvalue weighted by atomic mass is 10.2. The van der Waals surface area contributed by atoms with Crippen molar-refractivity contribution in [2.45, 2.75) is 19.4 Å². The highest BCUT2D eigenvalue weighted by molar-refractivity contribution is 7.09. The minimum absolute atomic E-state index is 0.0826. The van der Waals surface area contributed by atoms with Crippen LogP contribution in [0.15, 0.2) is 17.9 Å². The van der Waals surface area contributed by atoms with Crippen LogP contribution in [0.4, 0.5) is 0 Å². The molecule has 0 spiro atoms. The smallest absolute Gasteiger partial charge is 0.303 e. The fraction of sp³-hybridized carbons (Fsp3) is 0.333. The van der Waals surface area contributed by atoms with Crippen LogP contribution < -0.4 is 0 Å². The third-order valence-electron chi connectivity index (χ3n) is 1.98. The number of carbonyl (C=O) groups is 1. The van der Waals surface area contributed by atoms with Crippen molar-refractivity contribution in [2.24, 2.45) is 0 Å². The third kappa shape index (κ3) is 2.86. The van der Waals surface area contributed by atoms with Crippen LogP contribution in [0.1, 0.15) is 17.0 Å². The molecule has 0 bridgehead atoms. The Hall–Kier alpha value is -1.76. The van der Waals surface area contributed by atoms with Crippen molar-refractivity contribution in [3.8, 4) is 0 Å². The number of aliphatic carboxylic acids is 1. The lowest BCUT2D eigenvalue weighted by Crippen LogP contribution is -1.98. The van der Waals surface area contributed by atoms with E-state index in [4.69, 9.17) is 5.11 Å². The second kappa shape index (κ2) is 4.84. The van der Waals surface area contributed by atoms with E-state index in [0.29, 0.717) is 18.7 Å². The van der Waals surface area contributed by atoms with Crippen molar-refractivity contribution in [2.75, 3.05) is 0 Å². The van der Waals surface area contributed by atoms with Gasteiger partial charge in [-0.05, 0) is 0 Å². The van der Waals surface area contributed by atoms with Crippen molar-refractivity contribution in [1.29, 1.82) is 0 Å². The molecule has 0 saturated carbocycles. The van der Waals surface area contributed by atoms with E-state index in [2.05, 4.69) is 15.3 Å². The fourth-order valence-electron chi connectivity index (χ4n) is 1.25. The zero-order chi connectivity index (χ0) is 11.4. The second-order valence-electron chi connectivity index (χ2n) is 3.27. The molecular weight excluding hydrogens is 228 g/mol. The molecule has 0 aromatic carbocycles. The Morgan fingerprint density at radius 1 is 1.56 bits per heavy atom. The number of thiazole rings is 1. The number of aryl methyl sites for hydroxylation is 1. The predicted octanol–water partition coefficient (Wildman–Crippen LogP) is 0.800. The molecule has 0 aliphatic carbocycles. The molecule has 0 aliphatic rings. The van der Waals surface area contributed by atoms with Gasteiger partial charge in [-0.1, -0.05) is 5.21 Å². The highest BCUT2D eigenvalue weighted by Gasteiger charge is 2.04. The van der Waals surface area contributed by atoms with Crippen LogP contribution in [-0.2, 0) is 17.8 Å². The first-order valence-electron chi connectivity index (χ1n) is 4.72. The summed E-state index contributed by atoms with van der Waals surface area (Å²) in [6.07, 6.45) is 4.04. The van der Waals surface area contributed by atoms with Gasteiger partial charge >= 0.3 is 5.97 Å². The molecule has 84 valence electrons. The largest absolute Gasteiger partial charge is 0.481 e. The first kappa shape index (κ1) is 10.7. The Balaban J connectivity index is 1.94. The molecule has 2 heterocycles.